The zero-order valence-electron chi connectivity index (χ0n) is 13.4. The quantitative estimate of drug-likeness (QED) is 0.735. The van der Waals surface area contributed by atoms with Crippen LogP contribution in [0.3, 0.4) is 0 Å². The van der Waals surface area contributed by atoms with Crippen LogP contribution in [0.4, 0.5) is 13.6 Å². The monoisotopic (exact) mass is 319 g/mol. The molecule has 2 unspecified atom stereocenters. The van der Waals surface area contributed by atoms with Crippen molar-refractivity contribution in [3.63, 3.8) is 0 Å². The molecule has 0 radical (unpaired) electrons. The summed E-state index contributed by atoms with van der Waals surface area (Å²) in [4.78, 5) is 25.6. The molecule has 1 heterocycles. The van der Waals surface area contributed by atoms with Crippen molar-refractivity contribution in [1.82, 2.24) is 4.90 Å². The van der Waals surface area contributed by atoms with E-state index in [-0.39, 0.29) is 32.5 Å². The summed E-state index contributed by atoms with van der Waals surface area (Å²) in [5, 5.41) is 0. The first-order valence-corrected chi connectivity index (χ1v) is 7.56. The van der Waals surface area contributed by atoms with E-state index in [2.05, 4.69) is 0 Å². The van der Waals surface area contributed by atoms with Gasteiger partial charge >= 0.3 is 12.1 Å². The third-order valence-electron chi connectivity index (χ3n) is 4.29. The maximum atomic E-state index is 14.6. The molecule has 1 aliphatic carbocycles. The highest BCUT2D eigenvalue weighted by Crippen LogP contribution is 2.57. The maximum absolute atomic E-state index is 14.6. The van der Waals surface area contributed by atoms with E-state index in [0.29, 0.717) is 0 Å². The summed E-state index contributed by atoms with van der Waals surface area (Å²) in [5.41, 5.74) is -2.66. The van der Waals surface area contributed by atoms with Gasteiger partial charge in [-0.1, -0.05) is 0 Å². The average molecular weight is 319 g/mol. The van der Waals surface area contributed by atoms with Crippen molar-refractivity contribution in [2.75, 3.05) is 19.7 Å². The number of hydrogen-bond donors (Lipinski definition) is 0. The van der Waals surface area contributed by atoms with Gasteiger partial charge in [0.15, 0.2) is 0 Å². The smallest absolute Gasteiger partial charge is 0.410 e. The van der Waals surface area contributed by atoms with Crippen LogP contribution in [-0.4, -0.2) is 48.2 Å². The molecule has 126 valence electrons. The van der Waals surface area contributed by atoms with Crippen LogP contribution in [0.25, 0.3) is 0 Å². The lowest BCUT2D eigenvalue weighted by Crippen LogP contribution is -2.61. The largest absolute Gasteiger partial charge is 0.465 e. The van der Waals surface area contributed by atoms with Crippen LogP contribution in [0.2, 0.25) is 0 Å². The van der Waals surface area contributed by atoms with E-state index < -0.39 is 34.9 Å². The minimum atomic E-state index is -3.15. The molecular formula is C15H23F2NO4. The molecule has 0 aromatic carbocycles. The molecule has 0 N–H and O–H groups in total. The molecule has 1 saturated carbocycles. The van der Waals surface area contributed by atoms with E-state index >= 15 is 0 Å². The van der Waals surface area contributed by atoms with Gasteiger partial charge < -0.3 is 14.4 Å². The highest BCUT2D eigenvalue weighted by Gasteiger charge is 2.71. The summed E-state index contributed by atoms with van der Waals surface area (Å²) >= 11 is 0. The average Bonchev–Trinajstić information content (AvgIpc) is 2.54. The molecule has 1 saturated heterocycles. The molecule has 2 aliphatic rings. The van der Waals surface area contributed by atoms with Gasteiger partial charge in [0.1, 0.15) is 11.0 Å². The second-order valence-electron chi connectivity index (χ2n) is 7.02. The van der Waals surface area contributed by atoms with Crippen LogP contribution < -0.4 is 0 Å². The number of piperidine rings is 1. The molecule has 22 heavy (non-hydrogen) atoms. The molecule has 0 spiro atoms. The fraction of sp³-hybridized carbons (Fsp3) is 0.867. The Morgan fingerprint density at radius 3 is 2.50 bits per heavy atom. The number of alkyl halides is 2. The van der Waals surface area contributed by atoms with Gasteiger partial charge in [-0.3, -0.25) is 4.79 Å². The topological polar surface area (TPSA) is 55.8 Å². The number of nitrogens with zero attached hydrogens (tertiary/aromatic N) is 1. The summed E-state index contributed by atoms with van der Waals surface area (Å²) < 4.78 is 39.3. The first-order valence-electron chi connectivity index (χ1n) is 7.56. The van der Waals surface area contributed by atoms with Crippen molar-refractivity contribution < 1.29 is 27.8 Å². The van der Waals surface area contributed by atoms with Crippen molar-refractivity contribution in [1.29, 1.82) is 0 Å². The maximum Gasteiger partial charge on any atom is 0.410 e. The van der Waals surface area contributed by atoms with Crippen LogP contribution in [0.5, 0.6) is 0 Å². The van der Waals surface area contributed by atoms with Crippen LogP contribution in [0, 0.1) is 11.3 Å². The number of ether oxygens (including phenoxy) is 2. The Bertz CT molecular complexity index is 475. The molecule has 1 amide bonds. The fourth-order valence-electron chi connectivity index (χ4n) is 3.24. The van der Waals surface area contributed by atoms with E-state index in [9.17, 15) is 18.4 Å². The lowest BCUT2D eigenvalue weighted by Gasteiger charge is -2.44. The van der Waals surface area contributed by atoms with Gasteiger partial charge in [-0.25, -0.2) is 13.6 Å². The molecule has 2 atom stereocenters. The highest BCUT2D eigenvalue weighted by atomic mass is 19.3. The molecule has 0 aromatic heterocycles. The van der Waals surface area contributed by atoms with Crippen LogP contribution >= 0.6 is 0 Å². The van der Waals surface area contributed by atoms with Crippen LogP contribution in [-0.2, 0) is 14.3 Å². The number of carbonyl (C=O) groups is 2. The van der Waals surface area contributed by atoms with E-state index in [1.54, 1.807) is 27.7 Å². The van der Waals surface area contributed by atoms with Crippen molar-refractivity contribution in [3.8, 4) is 0 Å². The Morgan fingerprint density at radius 2 is 1.95 bits per heavy atom. The van der Waals surface area contributed by atoms with E-state index in [4.69, 9.17) is 9.47 Å². The lowest BCUT2D eigenvalue weighted by atomic mass is 9.78. The summed E-state index contributed by atoms with van der Waals surface area (Å²) in [6.45, 7) is 6.28. The minimum Gasteiger partial charge on any atom is -0.465 e. The Morgan fingerprint density at radius 1 is 1.32 bits per heavy atom. The summed E-state index contributed by atoms with van der Waals surface area (Å²) in [5.74, 6) is -5.11. The predicted octanol–water partition coefficient (Wildman–Crippen LogP) is 2.83. The van der Waals surface area contributed by atoms with Crippen molar-refractivity contribution in [3.05, 3.63) is 0 Å². The molecule has 5 nitrogen and oxygen atoms in total. The minimum absolute atomic E-state index is 0.0306. The third-order valence-corrected chi connectivity index (χ3v) is 4.29. The van der Waals surface area contributed by atoms with Gasteiger partial charge in [-0.15, -0.1) is 0 Å². The van der Waals surface area contributed by atoms with Gasteiger partial charge in [0.2, 0.25) is 0 Å². The third kappa shape index (κ3) is 2.65. The molecule has 2 bridgehead atoms. The van der Waals surface area contributed by atoms with Gasteiger partial charge in [0.05, 0.1) is 6.61 Å². The van der Waals surface area contributed by atoms with E-state index in [1.165, 1.54) is 4.90 Å². The molecule has 0 aromatic rings. The molecule has 7 heteroatoms. The number of likely N-dealkylation sites (tertiary alicyclic amines) is 1. The Balaban J connectivity index is 2.25. The zero-order chi connectivity index (χ0) is 16.8. The lowest BCUT2D eigenvalue weighted by molar-refractivity contribution is -0.199. The fourth-order valence-corrected chi connectivity index (χ4v) is 3.24. The summed E-state index contributed by atoms with van der Waals surface area (Å²) in [6, 6.07) is 0. The van der Waals surface area contributed by atoms with E-state index in [1.807, 2.05) is 0 Å². The van der Waals surface area contributed by atoms with Crippen molar-refractivity contribution in [2.45, 2.75) is 52.1 Å². The number of halogens is 2. The predicted molar refractivity (Wildman–Crippen MR) is 74.5 cm³/mol. The van der Waals surface area contributed by atoms with Crippen LogP contribution in [0.1, 0.15) is 40.5 Å². The standard InChI is InChI=1S/C15H23F2NO4/c1-5-21-11(19)14-7-6-10(15(14,16)17)8-18(9-14)12(20)22-13(2,3)4/h10H,5-9H2,1-4H3. The number of fused-ring (bicyclic) bond motifs is 2. The number of hydrogen-bond acceptors (Lipinski definition) is 4. The second kappa shape index (κ2) is 5.35. The normalized spacial score (nSPS) is 30.1. The molecular weight excluding hydrogens is 296 g/mol. The summed E-state index contributed by atoms with van der Waals surface area (Å²) in [6.07, 6.45) is -0.433. The molecule has 1 aliphatic heterocycles. The van der Waals surface area contributed by atoms with Crippen LogP contribution in [0.15, 0.2) is 0 Å². The number of rotatable bonds is 2. The first-order chi connectivity index (χ1) is 10.0. The molecule has 2 fully saturated rings. The Kier molecular flexibility index (Phi) is 4.13. The van der Waals surface area contributed by atoms with Gasteiger partial charge in [-0.05, 0) is 40.5 Å². The van der Waals surface area contributed by atoms with Gasteiger partial charge in [-0.2, -0.15) is 0 Å². The summed E-state index contributed by atoms with van der Waals surface area (Å²) in [7, 11) is 0. The van der Waals surface area contributed by atoms with Crippen molar-refractivity contribution in [2.24, 2.45) is 11.3 Å². The number of carbonyl (C=O) groups excluding carboxylic acids is 2. The van der Waals surface area contributed by atoms with Gasteiger partial charge in [0, 0.05) is 19.0 Å². The molecule has 2 rings (SSSR count). The Labute approximate surface area is 128 Å². The number of amides is 1. The second-order valence-corrected chi connectivity index (χ2v) is 7.02. The highest BCUT2D eigenvalue weighted by molar-refractivity contribution is 5.81. The first kappa shape index (κ1) is 17.0. The van der Waals surface area contributed by atoms with E-state index in [0.717, 1.165) is 0 Å². The van der Waals surface area contributed by atoms with Crippen molar-refractivity contribution >= 4 is 12.1 Å². The zero-order valence-corrected chi connectivity index (χ0v) is 13.4. The van der Waals surface area contributed by atoms with Gasteiger partial charge in [0.25, 0.3) is 5.92 Å². The Hall–Kier alpha value is -1.40. The SMILES string of the molecule is CCOC(=O)C12CCC(CN(C(=O)OC(C)(C)C)C1)C2(F)F. The number of esters is 1.